The molecule has 1 saturated heterocycles. The van der Waals surface area contributed by atoms with Gasteiger partial charge in [0.2, 0.25) is 0 Å². The molecule has 4 nitrogen and oxygen atoms in total. The number of carboxylic acid groups (broad SMARTS) is 1. The second-order valence-corrected chi connectivity index (χ2v) is 5.93. The number of aliphatic carboxylic acids is 1. The summed E-state index contributed by atoms with van der Waals surface area (Å²) in [6, 6.07) is 10.5. The van der Waals surface area contributed by atoms with Crippen LogP contribution in [0.3, 0.4) is 0 Å². The van der Waals surface area contributed by atoms with Crippen LogP contribution in [0.25, 0.3) is 0 Å². The summed E-state index contributed by atoms with van der Waals surface area (Å²) in [5.74, 6) is -0.0652. The number of furan rings is 1. The molecule has 22 heavy (non-hydrogen) atoms. The van der Waals surface area contributed by atoms with Crippen molar-refractivity contribution in [3.8, 4) is 0 Å². The molecule has 2 atom stereocenters. The Morgan fingerprint density at radius 2 is 2.09 bits per heavy atom. The van der Waals surface area contributed by atoms with Crippen molar-refractivity contribution in [2.45, 2.75) is 31.3 Å². The predicted molar refractivity (Wildman–Crippen MR) is 84.0 cm³/mol. The smallest absolute Gasteiger partial charge is 0.320 e. The van der Waals surface area contributed by atoms with Crippen molar-refractivity contribution in [3.63, 3.8) is 0 Å². The zero-order chi connectivity index (χ0) is 15.5. The monoisotopic (exact) mass is 319 g/mol. The average Bonchev–Trinajstić information content (AvgIpc) is 3.04. The third-order valence-corrected chi connectivity index (χ3v) is 4.52. The lowest BCUT2D eigenvalue weighted by atomic mass is 9.95. The lowest BCUT2D eigenvalue weighted by Crippen LogP contribution is -2.46. The van der Waals surface area contributed by atoms with Gasteiger partial charge in [0.15, 0.2) is 0 Å². The number of rotatable bonds is 4. The Bertz CT molecular complexity index is 641. The summed E-state index contributed by atoms with van der Waals surface area (Å²) in [5, 5.41) is 10.2. The summed E-state index contributed by atoms with van der Waals surface area (Å²) in [6.07, 6.45) is 4.17. The normalized spacial score (nSPS) is 20.7. The van der Waals surface area contributed by atoms with Gasteiger partial charge in [-0.25, -0.2) is 0 Å². The van der Waals surface area contributed by atoms with Crippen molar-refractivity contribution in [1.29, 1.82) is 0 Å². The number of hydrogen-bond acceptors (Lipinski definition) is 3. The lowest BCUT2D eigenvalue weighted by molar-refractivity contribution is -0.145. The highest BCUT2D eigenvalue weighted by Gasteiger charge is 2.36. The molecule has 1 aromatic heterocycles. The molecule has 1 N–H and O–H groups in total. The number of hydrogen-bond donors (Lipinski definition) is 1. The van der Waals surface area contributed by atoms with Gasteiger partial charge in [-0.05, 0) is 36.6 Å². The summed E-state index contributed by atoms with van der Waals surface area (Å²) in [4.78, 5) is 13.6. The molecule has 2 aromatic rings. The fourth-order valence-corrected chi connectivity index (χ4v) is 3.41. The fourth-order valence-electron chi connectivity index (χ4n) is 3.17. The molecule has 1 fully saturated rings. The Morgan fingerprint density at radius 1 is 1.27 bits per heavy atom. The molecule has 0 amide bonds. The molecule has 0 saturated carbocycles. The maximum atomic E-state index is 11.6. The Balaban J connectivity index is 2.05. The van der Waals surface area contributed by atoms with E-state index in [0.29, 0.717) is 18.0 Å². The molecule has 1 aromatic carbocycles. The van der Waals surface area contributed by atoms with Gasteiger partial charge < -0.3 is 9.52 Å². The Hall–Kier alpha value is -1.78. The second kappa shape index (κ2) is 6.55. The van der Waals surface area contributed by atoms with Gasteiger partial charge in [-0.15, -0.1) is 0 Å². The van der Waals surface area contributed by atoms with Crippen molar-refractivity contribution in [1.82, 2.24) is 4.90 Å². The SMILES string of the molecule is O=C(O)C1CCCCN1C(c1ccco1)c1ccccc1Cl. The van der Waals surface area contributed by atoms with Crippen molar-refractivity contribution >= 4 is 17.6 Å². The zero-order valence-electron chi connectivity index (χ0n) is 12.1. The number of likely N-dealkylation sites (tertiary alicyclic amines) is 1. The zero-order valence-corrected chi connectivity index (χ0v) is 12.9. The van der Waals surface area contributed by atoms with E-state index in [9.17, 15) is 9.90 Å². The van der Waals surface area contributed by atoms with Crippen LogP contribution in [0.4, 0.5) is 0 Å². The van der Waals surface area contributed by atoms with Crippen molar-refractivity contribution in [3.05, 3.63) is 59.0 Å². The van der Waals surface area contributed by atoms with Crippen molar-refractivity contribution in [2.24, 2.45) is 0 Å². The molecule has 0 bridgehead atoms. The Kier molecular flexibility index (Phi) is 4.50. The van der Waals surface area contributed by atoms with Crippen LogP contribution in [0.5, 0.6) is 0 Å². The van der Waals surface area contributed by atoms with Gasteiger partial charge in [0, 0.05) is 11.6 Å². The van der Waals surface area contributed by atoms with Gasteiger partial charge in [0.25, 0.3) is 0 Å². The second-order valence-electron chi connectivity index (χ2n) is 5.53. The molecule has 1 aliphatic heterocycles. The van der Waals surface area contributed by atoms with Gasteiger partial charge in [-0.2, -0.15) is 0 Å². The van der Waals surface area contributed by atoms with E-state index in [4.69, 9.17) is 16.0 Å². The minimum atomic E-state index is -0.789. The molecular formula is C17H18ClNO3. The Labute approximate surface area is 134 Å². The standard InChI is InChI=1S/C17H18ClNO3/c18-13-7-2-1-6-12(13)16(15-9-5-11-22-15)19-10-4-3-8-14(19)17(20)21/h1-2,5-7,9,11,14,16H,3-4,8,10H2,(H,20,21). The number of benzene rings is 1. The minimum absolute atomic E-state index is 0.273. The predicted octanol–water partition coefficient (Wildman–Crippen LogP) is 3.96. The average molecular weight is 320 g/mol. The van der Waals surface area contributed by atoms with E-state index in [1.54, 1.807) is 6.26 Å². The molecule has 3 rings (SSSR count). The lowest BCUT2D eigenvalue weighted by Gasteiger charge is -2.38. The van der Waals surface area contributed by atoms with Crippen molar-refractivity contribution in [2.75, 3.05) is 6.54 Å². The van der Waals surface area contributed by atoms with Gasteiger partial charge in [0.1, 0.15) is 11.8 Å². The largest absolute Gasteiger partial charge is 0.480 e. The van der Waals surface area contributed by atoms with Crippen LogP contribution < -0.4 is 0 Å². The summed E-state index contributed by atoms with van der Waals surface area (Å²) in [7, 11) is 0. The van der Waals surface area contributed by atoms with E-state index >= 15 is 0 Å². The third kappa shape index (κ3) is 2.89. The minimum Gasteiger partial charge on any atom is -0.480 e. The van der Waals surface area contributed by atoms with Crippen LogP contribution in [0.2, 0.25) is 5.02 Å². The van der Waals surface area contributed by atoms with Crippen LogP contribution in [0.15, 0.2) is 47.1 Å². The fraction of sp³-hybridized carbons (Fsp3) is 0.353. The molecule has 2 heterocycles. The number of halogens is 1. The maximum Gasteiger partial charge on any atom is 0.320 e. The van der Waals surface area contributed by atoms with Crippen molar-refractivity contribution < 1.29 is 14.3 Å². The van der Waals surface area contributed by atoms with Crippen LogP contribution in [-0.2, 0) is 4.79 Å². The first kappa shape index (κ1) is 15.1. The van der Waals surface area contributed by atoms with Gasteiger partial charge in [0.05, 0.1) is 12.3 Å². The van der Waals surface area contributed by atoms with E-state index in [2.05, 4.69) is 0 Å². The van der Waals surface area contributed by atoms with Gasteiger partial charge in [-0.3, -0.25) is 9.69 Å². The summed E-state index contributed by atoms with van der Waals surface area (Å²) in [6.45, 7) is 0.716. The van der Waals surface area contributed by atoms with E-state index in [1.165, 1.54) is 0 Å². The summed E-state index contributed by atoms with van der Waals surface area (Å²) in [5.41, 5.74) is 0.882. The van der Waals surface area contributed by atoms with Gasteiger partial charge in [-0.1, -0.05) is 36.2 Å². The first-order valence-electron chi connectivity index (χ1n) is 7.45. The van der Waals surface area contributed by atoms with Gasteiger partial charge >= 0.3 is 5.97 Å². The summed E-state index contributed by atoms with van der Waals surface area (Å²) >= 11 is 6.37. The van der Waals surface area contributed by atoms with E-state index < -0.39 is 12.0 Å². The number of nitrogens with zero attached hydrogens (tertiary/aromatic N) is 1. The highest BCUT2D eigenvalue weighted by atomic mass is 35.5. The molecular weight excluding hydrogens is 302 g/mol. The third-order valence-electron chi connectivity index (χ3n) is 4.17. The van der Waals surface area contributed by atoms with E-state index in [1.807, 2.05) is 41.3 Å². The molecule has 2 unspecified atom stereocenters. The Morgan fingerprint density at radius 3 is 2.77 bits per heavy atom. The molecule has 5 heteroatoms. The highest BCUT2D eigenvalue weighted by Crippen LogP contribution is 2.37. The first-order chi connectivity index (χ1) is 10.7. The first-order valence-corrected chi connectivity index (χ1v) is 7.82. The van der Waals surface area contributed by atoms with Crippen LogP contribution in [0, 0.1) is 0 Å². The molecule has 0 radical (unpaired) electrons. The molecule has 1 aliphatic rings. The van der Waals surface area contributed by atoms with E-state index in [-0.39, 0.29) is 6.04 Å². The summed E-state index contributed by atoms with van der Waals surface area (Å²) < 4.78 is 5.59. The molecule has 0 aliphatic carbocycles. The quantitative estimate of drug-likeness (QED) is 0.926. The molecule has 116 valence electrons. The van der Waals surface area contributed by atoms with E-state index in [0.717, 1.165) is 24.2 Å². The molecule has 0 spiro atoms. The number of piperidine rings is 1. The number of carboxylic acids is 1. The maximum absolute atomic E-state index is 11.6. The van der Waals surface area contributed by atoms with Crippen LogP contribution in [0.1, 0.15) is 36.6 Å². The topological polar surface area (TPSA) is 53.7 Å². The highest BCUT2D eigenvalue weighted by molar-refractivity contribution is 6.31. The van der Waals surface area contributed by atoms with Crippen LogP contribution >= 0.6 is 11.6 Å². The number of carbonyl (C=O) groups is 1. The van der Waals surface area contributed by atoms with Crippen LogP contribution in [-0.4, -0.2) is 28.6 Å².